The smallest absolute Gasteiger partial charge is 0.328 e. The van der Waals surface area contributed by atoms with Crippen LogP contribution in [0.1, 0.15) is 29.2 Å². The highest BCUT2D eigenvalue weighted by Crippen LogP contribution is 2.21. The Kier molecular flexibility index (Phi) is 3.92. The van der Waals surface area contributed by atoms with Crippen LogP contribution in [0.2, 0.25) is 0 Å². The van der Waals surface area contributed by atoms with Gasteiger partial charge in [0.15, 0.2) is 0 Å². The van der Waals surface area contributed by atoms with Crippen molar-refractivity contribution in [3.63, 3.8) is 0 Å². The van der Waals surface area contributed by atoms with Gasteiger partial charge in [0.05, 0.1) is 7.11 Å². The zero-order valence-electron chi connectivity index (χ0n) is 12.2. The number of ether oxygens (including phenoxy) is 1. The number of imidazole rings is 1. The fourth-order valence-corrected chi connectivity index (χ4v) is 3.01. The molecule has 0 unspecified atom stereocenters. The van der Waals surface area contributed by atoms with Gasteiger partial charge in [-0.2, -0.15) is 0 Å². The molecule has 2 aliphatic rings. The highest BCUT2D eigenvalue weighted by molar-refractivity contribution is 5.95. The van der Waals surface area contributed by atoms with Crippen LogP contribution in [-0.4, -0.2) is 59.1 Å². The molecule has 2 aliphatic heterocycles. The van der Waals surface area contributed by atoms with Crippen molar-refractivity contribution in [1.29, 1.82) is 0 Å². The number of rotatable bonds is 2. The number of methoxy groups -OCH3 is 1. The molecule has 7 nitrogen and oxygen atoms in total. The molecule has 1 aromatic heterocycles. The van der Waals surface area contributed by atoms with Crippen LogP contribution >= 0.6 is 0 Å². The van der Waals surface area contributed by atoms with Crippen LogP contribution in [0.25, 0.3) is 0 Å². The topological polar surface area (TPSA) is 76.5 Å². The van der Waals surface area contributed by atoms with E-state index >= 15 is 0 Å². The van der Waals surface area contributed by atoms with E-state index in [-0.39, 0.29) is 11.9 Å². The Hall–Kier alpha value is -1.89. The largest absolute Gasteiger partial charge is 0.467 e. The van der Waals surface area contributed by atoms with Gasteiger partial charge in [-0.25, -0.2) is 9.78 Å². The normalized spacial score (nSPS) is 21.8. The molecule has 0 aromatic carbocycles. The fourth-order valence-electron chi connectivity index (χ4n) is 3.01. The molecule has 3 heterocycles. The predicted octanol–water partition coefficient (Wildman–Crippen LogP) is -0.194. The Bertz CT molecular complexity index is 531. The van der Waals surface area contributed by atoms with E-state index in [1.807, 2.05) is 4.57 Å². The summed E-state index contributed by atoms with van der Waals surface area (Å²) in [7, 11) is 1.36. The fraction of sp³-hybridized carbons (Fsp3) is 0.643. The number of hydrogen-bond acceptors (Lipinski definition) is 5. The van der Waals surface area contributed by atoms with E-state index in [0.29, 0.717) is 18.7 Å². The van der Waals surface area contributed by atoms with Crippen molar-refractivity contribution in [2.45, 2.75) is 31.8 Å². The Balaban J connectivity index is 1.80. The number of nitrogens with zero attached hydrogens (tertiary/aromatic N) is 3. The highest BCUT2D eigenvalue weighted by Gasteiger charge is 2.36. The quantitative estimate of drug-likeness (QED) is 0.764. The molecule has 0 aliphatic carbocycles. The summed E-state index contributed by atoms with van der Waals surface area (Å²) in [6.07, 6.45) is 4.10. The van der Waals surface area contributed by atoms with Gasteiger partial charge in [-0.3, -0.25) is 4.79 Å². The van der Waals surface area contributed by atoms with Gasteiger partial charge < -0.3 is 19.5 Å². The lowest BCUT2D eigenvalue weighted by Crippen LogP contribution is -2.41. The highest BCUT2D eigenvalue weighted by atomic mass is 16.5. The lowest BCUT2D eigenvalue weighted by Gasteiger charge is -2.21. The third-order valence-electron chi connectivity index (χ3n) is 4.12. The van der Waals surface area contributed by atoms with Crippen molar-refractivity contribution < 1.29 is 14.3 Å². The van der Waals surface area contributed by atoms with E-state index in [1.165, 1.54) is 7.11 Å². The molecule has 0 bridgehead atoms. The molecule has 1 amide bonds. The third-order valence-corrected chi connectivity index (χ3v) is 4.12. The van der Waals surface area contributed by atoms with Gasteiger partial charge in [0, 0.05) is 38.8 Å². The first kappa shape index (κ1) is 14.1. The van der Waals surface area contributed by atoms with Crippen LogP contribution < -0.4 is 5.32 Å². The van der Waals surface area contributed by atoms with Gasteiger partial charge in [0.2, 0.25) is 0 Å². The van der Waals surface area contributed by atoms with Crippen LogP contribution in [0, 0.1) is 0 Å². The molecule has 1 saturated heterocycles. The van der Waals surface area contributed by atoms with E-state index in [0.717, 1.165) is 38.3 Å². The zero-order valence-corrected chi connectivity index (χ0v) is 12.2. The first-order chi connectivity index (χ1) is 10.2. The van der Waals surface area contributed by atoms with Crippen LogP contribution in [-0.2, 0) is 22.5 Å². The molecule has 0 radical (unpaired) electrons. The second kappa shape index (κ2) is 5.85. The molecule has 1 N–H and O–H groups in total. The average molecular weight is 292 g/mol. The molecular weight excluding hydrogens is 272 g/mol. The zero-order chi connectivity index (χ0) is 14.8. The lowest BCUT2D eigenvalue weighted by atomic mass is 10.2. The standard InChI is InChI=1S/C14H20N4O3/c1-21-14(20)11-3-2-7-18(11)13(19)10-9-17-8-6-15-5-4-12(17)16-10/h9,11,15H,2-8H2,1H3/t11-/m0/s1. The number of amides is 1. The van der Waals surface area contributed by atoms with Gasteiger partial charge in [-0.1, -0.05) is 0 Å². The molecule has 21 heavy (non-hydrogen) atoms. The van der Waals surface area contributed by atoms with Crippen molar-refractivity contribution in [3.05, 3.63) is 17.7 Å². The van der Waals surface area contributed by atoms with Crippen LogP contribution in [0.4, 0.5) is 0 Å². The maximum absolute atomic E-state index is 12.6. The number of nitrogens with one attached hydrogen (secondary N) is 1. The molecular formula is C14H20N4O3. The van der Waals surface area contributed by atoms with Gasteiger partial charge in [0.25, 0.3) is 5.91 Å². The van der Waals surface area contributed by atoms with Crippen molar-refractivity contribution in [1.82, 2.24) is 19.8 Å². The molecule has 0 spiro atoms. The molecule has 1 aromatic rings. The lowest BCUT2D eigenvalue weighted by molar-refractivity contribution is -0.145. The summed E-state index contributed by atoms with van der Waals surface area (Å²) >= 11 is 0. The second-order valence-corrected chi connectivity index (χ2v) is 5.42. The summed E-state index contributed by atoms with van der Waals surface area (Å²) in [5, 5.41) is 3.30. The molecule has 7 heteroatoms. The first-order valence-corrected chi connectivity index (χ1v) is 7.36. The van der Waals surface area contributed by atoms with E-state index < -0.39 is 6.04 Å². The van der Waals surface area contributed by atoms with E-state index in [2.05, 4.69) is 10.3 Å². The van der Waals surface area contributed by atoms with Crippen LogP contribution in [0.3, 0.4) is 0 Å². The van der Waals surface area contributed by atoms with Crippen LogP contribution in [0.5, 0.6) is 0 Å². The SMILES string of the molecule is COC(=O)[C@@H]1CCCN1C(=O)c1cn2c(n1)CCNCC2. The van der Waals surface area contributed by atoms with Crippen molar-refractivity contribution in [3.8, 4) is 0 Å². The van der Waals surface area contributed by atoms with Gasteiger partial charge >= 0.3 is 5.97 Å². The maximum Gasteiger partial charge on any atom is 0.328 e. The molecule has 1 atom stereocenters. The molecule has 3 rings (SSSR count). The Morgan fingerprint density at radius 2 is 2.24 bits per heavy atom. The minimum atomic E-state index is -0.467. The monoisotopic (exact) mass is 292 g/mol. The van der Waals surface area contributed by atoms with Gasteiger partial charge in [-0.15, -0.1) is 0 Å². The Morgan fingerprint density at radius 3 is 3.05 bits per heavy atom. The van der Waals surface area contributed by atoms with Gasteiger partial charge in [-0.05, 0) is 12.8 Å². The number of aromatic nitrogens is 2. The first-order valence-electron chi connectivity index (χ1n) is 7.36. The van der Waals surface area contributed by atoms with Crippen molar-refractivity contribution >= 4 is 11.9 Å². The molecule has 114 valence electrons. The summed E-state index contributed by atoms with van der Waals surface area (Å²) in [6, 6.07) is -0.467. The summed E-state index contributed by atoms with van der Waals surface area (Å²) < 4.78 is 6.81. The molecule has 0 saturated carbocycles. The Morgan fingerprint density at radius 1 is 1.38 bits per heavy atom. The average Bonchev–Trinajstić information content (AvgIpc) is 3.08. The van der Waals surface area contributed by atoms with E-state index in [4.69, 9.17) is 4.74 Å². The Labute approximate surface area is 123 Å². The maximum atomic E-state index is 12.6. The van der Waals surface area contributed by atoms with Crippen LogP contribution in [0.15, 0.2) is 6.20 Å². The summed E-state index contributed by atoms with van der Waals surface area (Å²) in [4.78, 5) is 30.4. The molecule has 1 fully saturated rings. The van der Waals surface area contributed by atoms with Crippen molar-refractivity contribution in [2.24, 2.45) is 0 Å². The summed E-state index contributed by atoms with van der Waals surface area (Å²) in [5.74, 6) is 0.416. The predicted molar refractivity (Wildman–Crippen MR) is 74.9 cm³/mol. The number of carbonyl (C=O) groups is 2. The second-order valence-electron chi connectivity index (χ2n) is 5.42. The van der Waals surface area contributed by atoms with E-state index in [1.54, 1.807) is 11.1 Å². The van der Waals surface area contributed by atoms with E-state index in [9.17, 15) is 9.59 Å². The number of fused-ring (bicyclic) bond motifs is 1. The van der Waals surface area contributed by atoms with Gasteiger partial charge in [0.1, 0.15) is 17.6 Å². The number of likely N-dealkylation sites (tertiary alicyclic amines) is 1. The minimum absolute atomic E-state index is 0.170. The third kappa shape index (κ3) is 2.65. The number of carbonyl (C=O) groups excluding carboxylic acids is 2. The minimum Gasteiger partial charge on any atom is -0.467 e. The van der Waals surface area contributed by atoms with Crippen molar-refractivity contribution in [2.75, 3.05) is 26.7 Å². The number of esters is 1. The summed E-state index contributed by atoms with van der Waals surface area (Å²) in [5.41, 5.74) is 0.433. The number of hydrogen-bond donors (Lipinski definition) is 1. The summed E-state index contributed by atoms with van der Waals surface area (Å²) in [6.45, 7) is 3.16.